The molecule has 0 aromatic carbocycles. The third kappa shape index (κ3) is 7.92. The standard InChI is InChI=1S/C16H29F3N4O2S.HI/c1-20-15(22-10-13-6-7-23(11-13)26(2,24)25)21-9-12-4-3-5-14(8-12)16(17,18)19;/h12-14H,3-11H2,1-2H3,(H2,20,21,22);1H. The smallest absolute Gasteiger partial charge is 0.356 e. The Labute approximate surface area is 176 Å². The zero-order valence-electron chi connectivity index (χ0n) is 15.8. The molecule has 2 aliphatic rings. The maximum absolute atomic E-state index is 12.9. The summed E-state index contributed by atoms with van der Waals surface area (Å²) in [5, 5.41) is 6.28. The molecule has 0 amide bonds. The molecule has 27 heavy (non-hydrogen) atoms. The second-order valence-electron chi connectivity index (χ2n) is 7.38. The first-order valence-electron chi connectivity index (χ1n) is 9.06. The first-order valence-corrected chi connectivity index (χ1v) is 10.9. The van der Waals surface area contributed by atoms with Gasteiger partial charge < -0.3 is 10.6 Å². The molecule has 1 aliphatic carbocycles. The van der Waals surface area contributed by atoms with Crippen LogP contribution in [0, 0.1) is 17.8 Å². The fraction of sp³-hybridized carbons (Fsp3) is 0.938. The molecule has 160 valence electrons. The van der Waals surface area contributed by atoms with Crippen LogP contribution in [0.15, 0.2) is 4.99 Å². The molecule has 0 aromatic rings. The van der Waals surface area contributed by atoms with Crippen LogP contribution in [0.2, 0.25) is 0 Å². The number of hydrogen-bond donors (Lipinski definition) is 2. The lowest BCUT2D eigenvalue weighted by atomic mass is 9.81. The Bertz CT molecular complexity index is 601. The van der Waals surface area contributed by atoms with Gasteiger partial charge in [0.2, 0.25) is 10.0 Å². The second kappa shape index (κ2) is 10.5. The van der Waals surface area contributed by atoms with Crippen molar-refractivity contribution in [1.82, 2.24) is 14.9 Å². The van der Waals surface area contributed by atoms with Crippen LogP contribution in [-0.4, -0.2) is 64.3 Å². The van der Waals surface area contributed by atoms with Crippen molar-refractivity contribution in [2.45, 2.75) is 38.3 Å². The number of halogens is 4. The summed E-state index contributed by atoms with van der Waals surface area (Å²) in [5.74, 6) is -0.455. The van der Waals surface area contributed by atoms with E-state index in [1.54, 1.807) is 7.05 Å². The average molecular weight is 526 g/mol. The van der Waals surface area contributed by atoms with Crippen LogP contribution < -0.4 is 10.6 Å². The maximum Gasteiger partial charge on any atom is 0.391 e. The largest absolute Gasteiger partial charge is 0.391 e. The summed E-state index contributed by atoms with van der Waals surface area (Å²) in [5.41, 5.74) is 0. The number of alkyl halides is 3. The Morgan fingerprint density at radius 3 is 2.30 bits per heavy atom. The fourth-order valence-electron chi connectivity index (χ4n) is 3.74. The molecule has 3 atom stereocenters. The Balaban J connectivity index is 0.00000364. The summed E-state index contributed by atoms with van der Waals surface area (Å²) in [6, 6.07) is 0. The van der Waals surface area contributed by atoms with Crippen LogP contribution in [0.5, 0.6) is 0 Å². The van der Waals surface area contributed by atoms with E-state index in [2.05, 4.69) is 15.6 Å². The second-order valence-corrected chi connectivity index (χ2v) is 9.36. The summed E-state index contributed by atoms with van der Waals surface area (Å²) >= 11 is 0. The molecule has 0 aromatic heterocycles. The van der Waals surface area contributed by atoms with Crippen molar-refractivity contribution in [1.29, 1.82) is 0 Å². The minimum Gasteiger partial charge on any atom is -0.356 e. The SMILES string of the molecule is CN=C(NCC1CCCC(C(F)(F)F)C1)NCC1CCN(S(C)(=O)=O)C1.I. The number of hydrogen-bond acceptors (Lipinski definition) is 3. The number of nitrogens with one attached hydrogen (secondary N) is 2. The fourth-order valence-corrected chi connectivity index (χ4v) is 4.66. The molecule has 2 rings (SSSR count). The Kier molecular flexibility index (Phi) is 9.59. The lowest BCUT2D eigenvalue weighted by Crippen LogP contribution is -2.43. The molecule has 6 nitrogen and oxygen atoms in total. The topological polar surface area (TPSA) is 73.8 Å². The number of nitrogens with zero attached hydrogens (tertiary/aromatic N) is 2. The predicted octanol–water partition coefficient (Wildman–Crippen LogP) is 2.42. The molecule has 3 unspecified atom stereocenters. The van der Waals surface area contributed by atoms with E-state index >= 15 is 0 Å². The molecular weight excluding hydrogens is 496 g/mol. The van der Waals surface area contributed by atoms with Crippen LogP contribution in [0.25, 0.3) is 0 Å². The van der Waals surface area contributed by atoms with Gasteiger partial charge in [-0.1, -0.05) is 6.42 Å². The zero-order valence-corrected chi connectivity index (χ0v) is 18.9. The lowest BCUT2D eigenvalue weighted by Gasteiger charge is -2.31. The summed E-state index contributed by atoms with van der Waals surface area (Å²) in [6.07, 6.45) is -0.319. The van der Waals surface area contributed by atoms with Crippen LogP contribution >= 0.6 is 24.0 Å². The quantitative estimate of drug-likeness (QED) is 0.328. The van der Waals surface area contributed by atoms with Crippen molar-refractivity contribution in [3.8, 4) is 0 Å². The first kappa shape index (κ1) is 24.7. The van der Waals surface area contributed by atoms with Crippen molar-refractivity contribution in [2.75, 3.05) is 39.5 Å². The van der Waals surface area contributed by atoms with Gasteiger partial charge in [0, 0.05) is 33.2 Å². The third-order valence-electron chi connectivity index (χ3n) is 5.30. The summed E-state index contributed by atoms with van der Waals surface area (Å²) in [7, 11) is -1.54. The number of guanidine groups is 1. The molecule has 2 N–H and O–H groups in total. The predicted molar refractivity (Wildman–Crippen MR) is 111 cm³/mol. The lowest BCUT2D eigenvalue weighted by molar-refractivity contribution is -0.185. The normalized spacial score (nSPS) is 27.9. The van der Waals surface area contributed by atoms with Gasteiger partial charge in [-0.05, 0) is 37.5 Å². The van der Waals surface area contributed by atoms with Gasteiger partial charge in [-0.15, -0.1) is 24.0 Å². The van der Waals surface area contributed by atoms with E-state index < -0.39 is 22.1 Å². The minimum absolute atomic E-state index is 0. The van der Waals surface area contributed by atoms with Gasteiger partial charge in [0.05, 0.1) is 12.2 Å². The van der Waals surface area contributed by atoms with E-state index in [1.165, 1.54) is 10.6 Å². The van der Waals surface area contributed by atoms with Gasteiger partial charge in [0.25, 0.3) is 0 Å². The van der Waals surface area contributed by atoms with E-state index in [0.717, 1.165) is 12.8 Å². The Morgan fingerprint density at radius 2 is 1.78 bits per heavy atom. The van der Waals surface area contributed by atoms with Crippen molar-refractivity contribution in [2.24, 2.45) is 22.7 Å². The van der Waals surface area contributed by atoms with Gasteiger partial charge in [0.1, 0.15) is 0 Å². The molecule has 1 saturated carbocycles. The van der Waals surface area contributed by atoms with Crippen molar-refractivity contribution >= 4 is 40.0 Å². The van der Waals surface area contributed by atoms with Crippen molar-refractivity contribution in [3.05, 3.63) is 0 Å². The molecular formula is C16H30F3IN4O2S. The van der Waals surface area contributed by atoms with E-state index in [1.807, 2.05) is 0 Å². The molecule has 1 heterocycles. The van der Waals surface area contributed by atoms with Gasteiger partial charge in [0.15, 0.2) is 5.96 Å². The van der Waals surface area contributed by atoms with Gasteiger partial charge in [-0.3, -0.25) is 4.99 Å². The van der Waals surface area contributed by atoms with Gasteiger partial charge in [-0.2, -0.15) is 13.2 Å². The van der Waals surface area contributed by atoms with E-state index in [9.17, 15) is 21.6 Å². The highest BCUT2D eigenvalue weighted by Crippen LogP contribution is 2.39. The average Bonchev–Trinajstić information content (AvgIpc) is 3.04. The highest BCUT2D eigenvalue weighted by atomic mass is 127. The number of sulfonamides is 1. The molecule has 1 aliphatic heterocycles. The summed E-state index contributed by atoms with van der Waals surface area (Å²) in [6.45, 7) is 2.06. The van der Waals surface area contributed by atoms with Gasteiger partial charge >= 0.3 is 6.18 Å². The summed E-state index contributed by atoms with van der Waals surface area (Å²) in [4.78, 5) is 4.11. The maximum atomic E-state index is 12.9. The molecule has 11 heteroatoms. The van der Waals surface area contributed by atoms with Crippen molar-refractivity contribution < 1.29 is 21.6 Å². The van der Waals surface area contributed by atoms with Gasteiger partial charge in [-0.25, -0.2) is 12.7 Å². The van der Waals surface area contributed by atoms with Crippen LogP contribution in [0.3, 0.4) is 0 Å². The molecule has 2 fully saturated rings. The Morgan fingerprint density at radius 1 is 1.15 bits per heavy atom. The molecule has 0 bridgehead atoms. The highest BCUT2D eigenvalue weighted by Gasteiger charge is 2.42. The Hall–Kier alpha value is -0.300. The number of rotatable bonds is 5. The van der Waals surface area contributed by atoms with E-state index in [-0.39, 0.29) is 48.7 Å². The molecule has 1 saturated heterocycles. The zero-order chi connectivity index (χ0) is 19.4. The van der Waals surface area contributed by atoms with Crippen molar-refractivity contribution in [3.63, 3.8) is 0 Å². The highest BCUT2D eigenvalue weighted by molar-refractivity contribution is 14.0. The molecule has 0 radical (unpaired) electrons. The molecule has 0 spiro atoms. The monoisotopic (exact) mass is 526 g/mol. The van der Waals surface area contributed by atoms with Crippen LogP contribution in [0.1, 0.15) is 32.1 Å². The van der Waals surface area contributed by atoms with E-state index in [0.29, 0.717) is 38.6 Å². The minimum atomic E-state index is -4.10. The van der Waals surface area contributed by atoms with E-state index in [4.69, 9.17) is 0 Å². The summed E-state index contributed by atoms with van der Waals surface area (Å²) < 4.78 is 63.2. The first-order chi connectivity index (χ1) is 12.1. The third-order valence-corrected chi connectivity index (χ3v) is 6.57. The number of aliphatic imine (C=N–C) groups is 1. The van der Waals surface area contributed by atoms with Crippen LogP contribution in [-0.2, 0) is 10.0 Å². The van der Waals surface area contributed by atoms with Crippen LogP contribution in [0.4, 0.5) is 13.2 Å².